The Hall–Kier alpha value is -2.37. The summed E-state index contributed by atoms with van der Waals surface area (Å²) in [5.74, 6) is -10.1. The first-order valence-corrected chi connectivity index (χ1v) is 5.49. The van der Waals surface area contributed by atoms with Crippen molar-refractivity contribution in [3.63, 3.8) is 0 Å². The van der Waals surface area contributed by atoms with Crippen molar-refractivity contribution in [3.05, 3.63) is 58.7 Å². The van der Waals surface area contributed by atoms with Crippen molar-refractivity contribution in [2.75, 3.05) is 0 Å². The molecule has 0 fully saturated rings. The second kappa shape index (κ2) is 4.96. The summed E-state index contributed by atoms with van der Waals surface area (Å²) in [6.45, 7) is 1.71. The van der Waals surface area contributed by atoms with Gasteiger partial charge in [-0.15, -0.1) is 0 Å². The standard InChI is InChI=1S/C14H8F4O2/c1-6-2-4-7(5-3-6)8-9(14(19)20)11(16)13(18)12(17)10(8)15/h2-5H,1H3,(H,19,20)/p-1. The number of aryl methyl sites for hydroxylation is 1. The summed E-state index contributed by atoms with van der Waals surface area (Å²) in [5, 5.41) is 10.9. The molecule has 0 N–H and O–H groups in total. The van der Waals surface area contributed by atoms with Crippen LogP contribution in [0.25, 0.3) is 11.1 Å². The fourth-order valence-electron chi connectivity index (χ4n) is 1.81. The van der Waals surface area contributed by atoms with Gasteiger partial charge in [0, 0.05) is 11.1 Å². The van der Waals surface area contributed by atoms with Crippen molar-refractivity contribution >= 4 is 5.97 Å². The first-order chi connectivity index (χ1) is 9.34. The van der Waals surface area contributed by atoms with Gasteiger partial charge in [-0.05, 0) is 12.5 Å². The van der Waals surface area contributed by atoms with Crippen molar-refractivity contribution in [1.29, 1.82) is 0 Å². The number of rotatable bonds is 2. The van der Waals surface area contributed by atoms with E-state index >= 15 is 0 Å². The van der Waals surface area contributed by atoms with E-state index in [0.717, 1.165) is 5.56 Å². The molecule has 0 radical (unpaired) electrons. The van der Waals surface area contributed by atoms with Crippen LogP contribution >= 0.6 is 0 Å². The van der Waals surface area contributed by atoms with Gasteiger partial charge in [0.1, 0.15) is 0 Å². The van der Waals surface area contributed by atoms with Crippen LogP contribution < -0.4 is 5.11 Å². The van der Waals surface area contributed by atoms with Crippen LogP contribution in [0.3, 0.4) is 0 Å². The summed E-state index contributed by atoms with van der Waals surface area (Å²) in [4.78, 5) is 10.9. The highest BCUT2D eigenvalue weighted by Gasteiger charge is 2.26. The summed E-state index contributed by atoms with van der Waals surface area (Å²) < 4.78 is 53.6. The molecule has 20 heavy (non-hydrogen) atoms. The van der Waals surface area contributed by atoms with E-state index in [1.165, 1.54) is 24.3 Å². The lowest BCUT2D eigenvalue weighted by Crippen LogP contribution is -2.26. The zero-order valence-corrected chi connectivity index (χ0v) is 10.1. The van der Waals surface area contributed by atoms with Crippen LogP contribution in [0.1, 0.15) is 15.9 Å². The number of halogens is 4. The molecule has 0 saturated heterocycles. The maximum absolute atomic E-state index is 13.8. The smallest absolute Gasteiger partial charge is 0.198 e. The minimum absolute atomic E-state index is 0.0925. The Morgan fingerprint density at radius 1 is 0.900 bits per heavy atom. The predicted octanol–water partition coefficient (Wildman–Crippen LogP) is 2.58. The average Bonchev–Trinajstić information content (AvgIpc) is 2.41. The number of carbonyl (C=O) groups is 1. The molecule has 0 spiro atoms. The van der Waals surface area contributed by atoms with Gasteiger partial charge in [0.25, 0.3) is 0 Å². The molecule has 0 saturated carbocycles. The lowest BCUT2D eigenvalue weighted by atomic mass is 9.97. The van der Waals surface area contributed by atoms with E-state index in [0.29, 0.717) is 0 Å². The molecule has 0 unspecified atom stereocenters. The predicted molar refractivity (Wildman–Crippen MR) is 60.8 cm³/mol. The fourth-order valence-corrected chi connectivity index (χ4v) is 1.81. The molecule has 104 valence electrons. The zero-order chi connectivity index (χ0) is 15.0. The Kier molecular flexibility index (Phi) is 3.48. The highest BCUT2D eigenvalue weighted by molar-refractivity contribution is 5.95. The van der Waals surface area contributed by atoms with E-state index in [1.807, 2.05) is 0 Å². The van der Waals surface area contributed by atoms with E-state index in [4.69, 9.17) is 0 Å². The maximum Gasteiger partial charge on any atom is 0.198 e. The Labute approximate surface area is 111 Å². The Bertz CT molecular complexity index is 694. The Balaban J connectivity index is 2.87. The summed E-state index contributed by atoms with van der Waals surface area (Å²) in [5.41, 5.74) is -1.54. The number of hydrogen-bond donors (Lipinski definition) is 0. The van der Waals surface area contributed by atoms with Gasteiger partial charge < -0.3 is 9.90 Å². The normalized spacial score (nSPS) is 10.7. The van der Waals surface area contributed by atoms with Gasteiger partial charge in [-0.3, -0.25) is 0 Å². The maximum atomic E-state index is 13.8. The number of carbonyl (C=O) groups excluding carboxylic acids is 1. The molecule has 2 aromatic carbocycles. The van der Waals surface area contributed by atoms with Crippen molar-refractivity contribution < 1.29 is 27.5 Å². The quantitative estimate of drug-likeness (QED) is 0.483. The number of aromatic carboxylic acids is 1. The van der Waals surface area contributed by atoms with E-state index in [1.54, 1.807) is 6.92 Å². The molecule has 2 nitrogen and oxygen atoms in total. The number of hydrogen-bond acceptors (Lipinski definition) is 2. The number of carboxylic acids is 1. The monoisotopic (exact) mass is 283 g/mol. The topological polar surface area (TPSA) is 40.1 Å². The molecule has 0 aliphatic rings. The van der Waals surface area contributed by atoms with Gasteiger partial charge in [-0.1, -0.05) is 29.8 Å². The second-order valence-electron chi connectivity index (χ2n) is 4.16. The van der Waals surface area contributed by atoms with Crippen LogP contribution in [-0.2, 0) is 0 Å². The van der Waals surface area contributed by atoms with Crippen LogP contribution in [0.15, 0.2) is 24.3 Å². The minimum atomic E-state index is -2.18. The van der Waals surface area contributed by atoms with Crippen molar-refractivity contribution in [2.24, 2.45) is 0 Å². The van der Waals surface area contributed by atoms with Crippen molar-refractivity contribution in [1.82, 2.24) is 0 Å². The van der Waals surface area contributed by atoms with E-state index in [9.17, 15) is 27.5 Å². The lowest BCUT2D eigenvalue weighted by Gasteiger charge is -2.14. The largest absolute Gasteiger partial charge is 0.545 e. The molecule has 0 heterocycles. The lowest BCUT2D eigenvalue weighted by molar-refractivity contribution is -0.255. The van der Waals surface area contributed by atoms with Gasteiger partial charge >= 0.3 is 0 Å². The van der Waals surface area contributed by atoms with Gasteiger partial charge in [0.15, 0.2) is 23.3 Å². The fraction of sp³-hybridized carbons (Fsp3) is 0.0714. The van der Waals surface area contributed by atoms with E-state index < -0.39 is 40.4 Å². The highest BCUT2D eigenvalue weighted by Crippen LogP contribution is 2.32. The van der Waals surface area contributed by atoms with E-state index in [2.05, 4.69) is 0 Å². The minimum Gasteiger partial charge on any atom is -0.545 e. The molecule has 0 amide bonds. The third-order valence-electron chi connectivity index (χ3n) is 2.81. The van der Waals surface area contributed by atoms with E-state index in [-0.39, 0.29) is 5.56 Å². The SMILES string of the molecule is Cc1ccc(-c2c(F)c(F)c(F)c(F)c2C(=O)[O-])cc1. The molecule has 0 bridgehead atoms. The molecular formula is C14H7F4O2-. The first-order valence-electron chi connectivity index (χ1n) is 5.49. The number of benzene rings is 2. The average molecular weight is 283 g/mol. The molecule has 0 aliphatic heterocycles. The number of carboxylic acid groups (broad SMARTS) is 1. The highest BCUT2D eigenvalue weighted by atomic mass is 19.2. The van der Waals surface area contributed by atoms with Crippen LogP contribution in [-0.4, -0.2) is 5.97 Å². The summed E-state index contributed by atoms with van der Waals surface area (Å²) in [6, 6.07) is 5.54. The first kappa shape index (κ1) is 14.0. The third-order valence-corrected chi connectivity index (χ3v) is 2.81. The molecule has 2 rings (SSSR count). The van der Waals surface area contributed by atoms with Crippen LogP contribution in [0.4, 0.5) is 17.6 Å². The molecule has 6 heteroatoms. The molecular weight excluding hydrogens is 276 g/mol. The molecule has 2 aromatic rings. The van der Waals surface area contributed by atoms with Crippen molar-refractivity contribution in [3.8, 4) is 11.1 Å². The Morgan fingerprint density at radius 2 is 1.40 bits per heavy atom. The van der Waals surface area contributed by atoms with Crippen LogP contribution in [0, 0.1) is 30.2 Å². The van der Waals surface area contributed by atoms with Crippen molar-refractivity contribution in [2.45, 2.75) is 6.92 Å². The van der Waals surface area contributed by atoms with Crippen LogP contribution in [0.2, 0.25) is 0 Å². The second-order valence-corrected chi connectivity index (χ2v) is 4.16. The summed E-state index contributed by atoms with van der Waals surface area (Å²) >= 11 is 0. The van der Waals surface area contributed by atoms with Gasteiger partial charge in [-0.25, -0.2) is 17.6 Å². The third kappa shape index (κ3) is 2.13. The van der Waals surface area contributed by atoms with Gasteiger partial charge in [-0.2, -0.15) is 0 Å². The molecule has 0 aromatic heterocycles. The van der Waals surface area contributed by atoms with Gasteiger partial charge in [0.05, 0.1) is 5.97 Å². The summed E-state index contributed by atoms with van der Waals surface area (Å²) in [7, 11) is 0. The molecule has 0 aliphatic carbocycles. The van der Waals surface area contributed by atoms with Crippen LogP contribution in [0.5, 0.6) is 0 Å². The summed E-state index contributed by atoms with van der Waals surface area (Å²) in [6.07, 6.45) is 0. The molecule has 0 atom stereocenters. The van der Waals surface area contributed by atoms with Gasteiger partial charge in [0.2, 0.25) is 0 Å². The Morgan fingerprint density at radius 3 is 1.90 bits per heavy atom. The zero-order valence-electron chi connectivity index (χ0n) is 10.1.